The topological polar surface area (TPSA) is 34.0 Å². The Morgan fingerprint density at radius 3 is 2.80 bits per heavy atom. The molecule has 0 bridgehead atoms. The van der Waals surface area contributed by atoms with Crippen LogP contribution >= 0.6 is 11.3 Å². The second-order valence-corrected chi connectivity index (χ2v) is 8.44. The van der Waals surface area contributed by atoms with Gasteiger partial charge < -0.3 is 4.90 Å². The zero-order chi connectivity index (χ0) is 17.6. The molecule has 1 atom stereocenters. The van der Waals surface area contributed by atoms with Crippen molar-refractivity contribution < 1.29 is 0 Å². The lowest BCUT2D eigenvalue weighted by Gasteiger charge is -2.43. The Bertz CT molecular complexity index is 875. The molecule has 4 nitrogen and oxygen atoms in total. The number of fused-ring (bicyclic) bond motifs is 1. The van der Waals surface area contributed by atoms with Gasteiger partial charge in [0.15, 0.2) is 0 Å². The van der Waals surface area contributed by atoms with E-state index in [9.17, 15) is 0 Å². The van der Waals surface area contributed by atoms with E-state index in [1.54, 1.807) is 0 Å². The van der Waals surface area contributed by atoms with E-state index in [0.717, 1.165) is 11.6 Å². The van der Waals surface area contributed by atoms with Gasteiger partial charge in [0.25, 0.3) is 0 Å². The molecule has 1 unspecified atom stereocenters. The van der Waals surface area contributed by atoms with Crippen LogP contribution in [0.3, 0.4) is 0 Å². The van der Waals surface area contributed by atoms with Crippen LogP contribution in [0.25, 0.3) is 21.3 Å². The highest BCUT2D eigenvalue weighted by molar-refractivity contribution is 7.18. The lowest BCUT2D eigenvalue weighted by atomic mass is 9.79. The zero-order valence-corrected chi connectivity index (χ0v) is 16.3. The average molecular weight is 355 g/mol. The standard InChI is InChI=1S/C20H26N4S/c1-5-13(2)24(4)17-8-15(9-17)20-22-18-7-6-14(10-19(18)25-20)16-11-21-23(3)12-16/h6-7,10-13,15,17H,5,8-9H2,1-4H3/t13?,15-,17-. The Balaban J connectivity index is 1.51. The summed E-state index contributed by atoms with van der Waals surface area (Å²) < 4.78 is 3.13. The number of hydrogen-bond donors (Lipinski definition) is 0. The van der Waals surface area contributed by atoms with Crippen molar-refractivity contribution in [1.29, 1.82) is 0 Å². The highest BCUT2D eigenvalue weighted by Gasteiger charge is 2.36. The van der Waals surface area contributed by atoms with Crippen LogP contribution < -0.4 is 0 Å². The first-order valence-corrected chi connectivity index (χ1v) is 9.98. The molecule has 1 fully saturated rings. The molecule has 25 heavy (non-hydrogen) atoms. The Morgan fingerprint density at radius 2 is 2.12 bits per heavy atom. The molecule has 5 heteroatoms. The van der Waals surface area contributed by atoms with Crippen molar-refractivity contribution in [2.45, 2.75) is 51.1 Å². The first-order valence-electron chi connectivity index (χ1n) is 9.16. The van der Waals surface area contributed by atoms with E-state index in [4.69, 9.17) is 4.98 Å². The van der Waals surface area contributed by atoms with Gasteiger partial charge in [-0.05, 0) is 50.9 Å². The molecule has 0 N–H and O–H groups in total. The summed E-state index contributed by atoms with van der Waals surface area (Å²) in [5.74, 6) is 0.635. The van der Waals surface area contributed by atoms with E-state index in [2.05, 4.69) is 55.3 Å². The molecule has 1 aliphatic carbocycles. The fourth-order valence-electron chi connectivity index (χ4n) is 3.64. The zero-order valence-electron chi connectivity index (χ0n) is 15.4. The third-order valence-corrected chi connectivity index (χ3v) is 6.95. The van der Waals surface area contributed by atoms with Gasteiger partial charge in [-0.1, -0.05) is 13.0 Å². The second-order valence-electron chi connectivity index (χ2n) is 7.38. The molecule has 2 aromatic heterocycles. The number of nitrogens with zero attached hydrogens (tertiary/aromatic N) is 4. The SMILES string of the molecule is CCC(C)N(C)[C@H]1C[C@H](c2nc3ccc(-c4cnn(C)c4)cc3s2)C1. The molecule has 0 saturated heterocycles. The van der Waals surface area contributed by atoms with E-state index in [-0.39, 0.29) is 0 Å². The molecule has 4 rings (SSSR count). The van der Waals surface area contributed by atoms with Gasteiger partial charge >= 0.3 is 0 Å². The molecule has 2 heterocycles. The van der Waals surface area contributed by atoms with Gasteiger partial charge in [-0.25, -0.2) is 4.98 Å². The predicted molar refractivity (Wildman–Crippen MR) is 105 cm³/mol. The van der Waals surface area contributed by atoms with Crippen LogP contribution in [0, 0.1) is 0 Å². The van der Waals surface area contributed by atoms with Crippen LogP contribution in [-0.2, 0) is 7.05 Å². The Hall–Kier alpha value is -1.72. The van der Waals surface area contributed by atoms with E-state index in [1.807, 2.05) is 29.3 Å². The van der Waals surface area contributed by atoms with Crippen molar-refractivity contribution in [3.05, 3.63) is 35.6 Å². The molecule has 3 aromatic rings. The van der Waals surface area contributed by atoms with E-state index < -0.39 is 0 Å². The lowest BCUT2D eigenvalue weighted by molar-refractivity contribution is 0.0984. The minimum atomic E-state index is 0.635. The summed E-state index contributed by atoms with van der Waals surface area (Å²) in [6, 6.07) is 7.96. The number of hydrogen-bond acceptors (Lipinski definition) is 4. The van der Waals surface area contributed by atoms with Crippen molar-refractivity contribution in [2.24, 2.45) is 7.05 Å². The van der Waals surface area contributed by atoms with Crippen molar-refractivity contribution in [3.8, 4) is 11.1 Å². The summed E-state index contributed by atoms with van der Waals surface area (Å²) in [6.45, 7) is 4.59. The summed E-state index contributed by atoms with van der Waals surface area (Å²) >= 11 is 1.87. The molecule has 0 amide bonds. The van der Waals surface area contributed by atoms with Gasteiger partial charge in [-0.3, -0.25) is 4.68 Å². The molecular weight excluding hydrogens is 328 g/mol. The number of rotatable bonds is 5. The maximum atomic E-state index is 4.91. The third-order valence-electron chi connectivity index (χ3n) is 5.77. The van der Waals surface area contributed by atoms with Gasteiger partial charge in [0.05, 0.1) is 21.4 Å². The minimum Gasteiger partial charge on any atom is -0.301 e. The fraction of sp³-hybridized carbons (Fsp3) is 0.500. The Kier molecular flexibility index (Phi) is 4.38. The van der Waals surface area contributed by atoms with Crippen LogP contribution in [-0.4, -0.2) is 38.8 Å². The Morgan fingerprint density at radius 1 is 1.32 bits per heavy atom. The second kappa shape index (κ2) is 6.54. The van der Waals surface area contributed by atoms with Gasteiger partial charge in [0.1, 0.15) is 0 Å². The normalized spacial score (nSPS) is 21.6. The molecule has 132 valence electrons. The monoisotopic (exact) mass is 354 g/mol. The Labute approximate surface area is 153 Å². The summed E-state index contributed by atoms with van der Waals surface area (Å²) in [6.07, 6.45) is 7.69. The van der Waals surface area contributed by atoms with Crippen molar-refractivity contribution in [2.75, 3.05) is 7.05 Å². The first-order chi connectivity index (χ1) is 12.0. The van der Waals surface area contributed by atoms with E-state index >= 15 is 0 Å². The van der Waals surface area contributed by atoms with E-state index in [0.29, 0.717) is 12.0 Å². The summed E-state index contributed by atoms with van der Waals surface area (Å²) in [5, 5.41) is 5.59. The molecule has 0 radical (unpaired) electrons. The summed E-state index contributed by atoms with van der Waals surface area (Å²) in [4.78, 5) is 7.46. The highest BCUT2D eigenvalue weighted by Crippen LogP contribution is 2.43. The van der Waals surface area contributed by atoms with Crippen LogP contribution in [0.2, 0.25) is 0 Å². The van der Waals surface area contributed by atoms with Gasteiger partial charge in [0.2, 0.25) is 0 Å². The maximum Gasteiger partial charge on any atom is 0.0970 e. The fourth-order valence-corrected chi connectivity index (χ4v) is 4.77. The average Bonchev–Trinajstić information content (AvgIpc) is 3.17. The predicted octanol–water partition coefficient (Wildman–Crippen LogP) is 4.67. The minimum absolute atomic E-state index is 0.635. The number of aromatic nitrogens is 3. The molecule has 1 aromatic carbocycles. The van der Waals surface area contributed by atoms with Gasteiger partial charge in [-0.15, -0.1) is 11.3 Å². The third kappa shape index (κ3) is 3.11. The van der Waals surface area contributed by atoms with Crippen LogP contribution in [0.4, 0.5) is 0 Å². The largest absolute Gasteiger partial charge is 0.301 e. The van der Waals surface area contributed by atoms with Gasteiger partial charge in [0, 0.05) is 36.8 Å². The molecule has 1 aliphatic rings. The lowest BCUT2D eigenvalue weighted by Crippen LogP contribution is -2.45. The number of aryl methyl sites for hydroxylation is 1. The molecule has 1 saturated carbocycles. The van der Waals surface area contributed by atoms with Crippen LogP contribution in [0.15, 0.2) is 30.6 Å². The van der Waals surface area contributed by atoms with E-state index in [1.165, 1.54) is 40.1 Å². The summed E-state index contributed by atoms with van der Waals surface area (Å²) in [7, 11) is 4.23. The molecule has 0 aliphatic heterocycles. The highest BCUT2D eigenvalue weighted by atomic mass is 32.1. The smallest absolute Gasteiger partial charge is 0.0970 e. The maximum absolute atomic E-state index is 4.91. The van der Waals surface area contributed by atoms with Crippen molar-refractivity contribution in [1.82, 2.24) is 19.7 Å². The summed E-state index contributed by atoms with van der Waals surface area (Å²) in [5.41, 5.74) is 3.52. The molecular formula is C20H26N4S. The van der Waals surface area contributed by atoms with Crippen LogP contribution in [0.1, 0.15) is 44.0 Å². The first kappa shape index (κ1) is 16.7. The van der Waals surface area contributed by atoms with Crippen molar-refractivity contribution >= 4 is 21.6 Å². The number of thiazole rings is 1. The molecule has 0 spiro atoms. The van der Waals surface area contributed by atoms with Gasteiger partial charge in [-0.2, -0.15) is 5.10 Å². The van der Waals surface area contributed by atoms with Crippen molar-refractivity contribution in [3.63, 3.8) is 0 Å². The number of benzene rings is 1. The quantitative estimate of drug-likeness (QED) is 0.667. The van der Waals surface area contributed by atoms with Crippen LogP contribution in [0.5, 0.6) is 0 Å².